The first-order chi connectivity index (χ1) is 21.6. The van der Waals surface area contributed by atoms with E-state index in [0.29, 0.717) is 17.4 Å². The largest absolute Gasteiger partial charge is 0.496 e. The Morgan fingerprint density at radius 1 is 1.02 bits per heavy atom. The van der Waals surface area contributed by atoms with Crippen molar-refractivity contribution in [1.29, 1.82) is 0 Å². The molecule has 46 heavy (non-hydrogen) atoms. The van der Waals surface area contributed by atoms with E-state index >= 15 is 0 Å². The third-order valence-corrected chi connectivity index (χ3v) is 9.56. The van der Waals surface area contributed by atoms with Crippen molar-refractivity contribution in [1.82, 2.24) is 19.7 Å². The van der Waals surface area contributed by atoms with E-state index in [2.05, 4.69) is 63.5 Å². The summed E-state index contributed by atoms with van der Waals surface area (Å²) in [5.74, 6) is 1.23. The van der Waals surface area contributed by atoms with Gasteiger partial charge in [0, 0.05) is 62.0 Å². The number of benzene rings is 1. The minimum absolute atomic E-state index is 0.0483. The number of hydrogen-bond acceptors (Lipinski definition) is 7. The van der Waals surface area contributed by atoms with Crippen LogP contribution in [0.15, 0.2) is 12.1 Å². The summed E-state index contributed by atoms with van der Waals surface area (Å²) < 4.78 is 12.6. The zero-order valence-corrected chi connectivity index (χ0v) is 31.8. The van der Waals surface area contributed by atoms with Crippen LogP contribution in [-0.2, 0) is 38.1 Å². The van der Waals surface area contributed by atoms with Gasteiger partial charge in [0.2, 0.25) is 5.91 Å². The molecule has 1 aliphatic heterocycles. The van der Waals surface area contributed by atoms with E-state index in [0.717, 1.165) is 69.2 Å². The second kappa shape index (κ2) is 16.9. The van der Waals surface area contributed by atoms with Gasteiger partial charge in [0.1, 0.15) is 28.6 Å². The van der Waals surface area contributed by atoms with Crippen LogP contribution in [0.4, 0.5) is 0 Å². The highest BCUT2D eigenvalue weighted by atomic mass is 35.5. The average Bonchev–Trinajstić information content (AvgIpc) is 3.52. The van der Waals surface area contributed by atoms with Crippen LogP contribution in [0.1, 0.15) is 107 Å². The van der Waals surface area contributed by atoms with E-state index < -0.39 is 0 Å². The quantitative estimate of drug-likeness (QED) is 0.234. The molecule has 0 unspecified atom stereocenters. The molecule has 8 nitrogen and oxygen atoms in total. The third kappa shape index (κ3) is 9.41. The lowest BCUT2D eigenvalue weighted by Gasteiger charge is -2.31. The lowest BCUT2D eigenvalue weighted by molar-refractivity contribution is -0.133. The van der Waals surface area contributed by atoms with Gasteiger partial charge in [-0.3, -0.25) is 9.48 Å². The van der Waals surface area contributed by atoms with Gasteiger partial charge in [0.25, 0.3) is 0 Å². The summed E-state index contributed by atoms with van der Waals surface area (Å²) in [4.78, 5) is 31.1. The molecular formula is C36H55ClN4O4S. The standard InChI is InChI=1S/C32H43ClN4O3S.C2H6O.C2H6/c1-19-20(2)37(35-25(19)12-15-38)18-26(39)36-13-10-21(11-14-36)30-34-27(29(33)41-30)22-16-23(31(3,4)5)28(40-9)24(17-22)32(6,7)8;1-3-2;1-2/h15-17,21H,10-14,18H2,1-9H3;1-2H3;1-2H3. The van der Waals surface area contributed by atoms with E-state index in [1.54, 1.807) is 37.3 Å². The summed E-state index contributed by atoms with van der Waals surface area (Å²) in [6, 6.07) is 4.36. The molecular weight excluding hydrogens is 620 g/mol. The second-order valence-electron chi connectivity index (χ2n) is 13.5. The van der Waals surface area contributed by atoms with Crippen molar-refractivity contribution in [3.05, 3.63) is 49.6 Å². The molecule has 1 aliphatic rings. The molecule has 2 aromatic heterocycles. The monoisotopic (exact) mass is 674 g/mol. The molecule has 0 aliphatic carbocycles. The molecule has 256 valence electrons. The Balaban J connectivity index is 0.00000139. The Bertz CT molecular complexity index is 1420. The van der Waals surface area contributed by atoms with Crippen molar-refractivity contribution in [3.8, 4) is 17.0 Å². The Kier molecular flexibility index (Phi) is 14.5. The summed E-state index contributed by atoms with van der Waals surface area (Å²) >= 11 is 8.41. The van der Waals surface area contributed by atoms with E-state index in [-0.39, 0.29) is 35.6 Å². The number of carbonyl (C=O) groups excluding carboxylic acids is 2. The summed E-state index contributed by atoms with van der Waals surface area (Å²) in [7, 11) is 4.99. The zero-order valence-electron chi connectivity index (χ0n) is 30.3. The number of likely N-dealkylation sites (tertiary alicyclic amines) is 1. The number of carbonyl (C=O) groups is 2. The van der Waals surface area contributed by atoms with Crippen molar-refractivity contribution in [2.75, 3.05) is 34.4 Å². The number of aldehydes is 1. The molecule has 3 heterocycles. The first kappa shape index (κ1) is 39.4. The predicted molar refractivity (Wildman–Crippen MR) is 191 cm³/mol. The number of piperidine rings is 1. The minimum atomic E-state index is -0.116. The molecule has 0 bridgehead atoms. The molecule has 0 radical (unpaired) electrons. The van der Waals surface area contributed by atoms with Crippen molar-refractivity contribution in [2.45, 2.75) is 112 Å². The van der Waals surface area contributed by atoms with E-state index in [1.165, 1.54) is 0 Å². The molecule has 1 fully saturated rings. The van der Waals surface area contributed by atoms with Crippen molar-refractivity contribution in [2.24, 2.45) is 0 Å². The second-order valence-corrected chi connectivity index (χ2v) is 15.2. The first-order valence-corrected chi connectivity index (χ1v) is 17.3. The molecule has 10 heteroatoms. The van der Waals surface area contributed by atoms with Gasteiger partial charge in [-0.05, 0) is 55.2 Å². The van der Waals surface area contributed by atoms with Crippen molar-refractivity contribution < 1.29 is 19.1 Å². The van der Waals surface area contributed by atoms with Crippen molar-refractivity contribution in [3.63, 3.8) is 0 Å². The van der Waals surface area contributed by atoms with Gasteiger partial charge < -0.3 is 19.2 Å². The Labute approximate surface area is 285 Å². The van der Waals surface area contributed by atoms with Gasteiger partial charge in [-0.25, -0.2) is 4.98 Å². The number of rotatable bonds is 7. The van der Waals surface area contributed by atoms with Crippen LogP contribution in [0.25, 0.3) is 11.3 Å². The molecule has 1 aromatic carbocycles. The van der Waals surface area contributed by atoms with Gasteiger partial charge in [0.05, 0.1) is 17.8 Å². The first-order valence-electron chi connectivity index (χ1n) is 16.1. The maximum atomic E-state index is 13.1. The maximum absolute atomic E-state index is 13.1. The molecule has 1 saturated heterocycles. The lowest BCUT2D eigenvalue weighted by atomic mass is 9.78. The molecule has 3 aromatic rings. The molecule has 0 saturated carbocycles. The van der Waals surface area contributed by atoms with Gasteiger partial charge >= 0.3 is 0 Å². The zero-order chi connectivity index (χ0) is 35.0. The highest BCUT2D eigenvalue weighted by molar-refractivity contribution is 7.16. The smallest absolute Gasteiger partial charge is 0.244 e. The summed E-state index contributed by atoms with van der Waals surface area (Å²) in [6.45, 7) is 22.6. The molecule has 0 atom stereocenters. The SMILES string of the molecule is CC.COC.COc1c(C(C)(C)C)cc(-c2nc(C3CCN(C(=O)Cn4nc(CC=O)c(C)c4C)CC3)sc2Cl)cc1C(C)(C)C. The summed E-state index contributed by atoms with van der Waals surface area (Å²) in [6.07, 6.45) is 2.80. The Morgan fingerprint density at radius 3 is 2.00 bits per heavy atom. The number of methoxy groups -OCH3 is 2. The van der Waals surface area contributed by atoms with Crippen LogP contribution >= 0.6 is 22.9 Å². The number of aromatic nitrogens is 3. The highest BCUT2D eigenvalue weighted by Gasteiger charge is 2.31. The molecule has 4 rings (SSSR count). The van der Waals surface area contributed by atoms with Gasteiger partial charge in [-0.1, -0.05) is 67.0 Å². The fourth-order valence-electron chi connectivity index (χ4n) is 5.50. The number of amides is 1. The van der Waals surface area contributed by atoms with Gasteiger partial charge in [-0.15, -0.1) is 11.3 Å². The number of halogens is 1. The molecule has 0 spiro atoms. The lowest BCUT2D eigenvalue weighted by Crippen LogP contribution is -2.40. The van der Waals surface area contributed by atoms with Crippen LogP contribution in [0.5, 0.6) is 5.75 Å². The topological polar surface area (TPSA) is 86.6 Å². The van der Waals surface area contributed by atoms with Crippen LogP contribution in [0, 0.1) is 13.8 Å². The number of thiazole rings is 1. The van der Waals surface area contributed by atoms with Crippen LogP contribution in [0.3, 0.4) is 0 Å². The number of nitrogens with zero attached hydrogens (tertiary/aromatic N) is 4. The third-order valence-electron chi connectivity index (χ3n) is 8.15. The van der Waals surface area contributed by atoms with E-state index in [4.69, 9.17) is 21.3 Å². The normalized spacial score (nSPS) is 13.8. The molecule has 0 N–H and O–H groups in total. The van der Waals surface area contributed by atoms with Crippen LogP contribution in [-0.4, -0.2) is 66.3 Å². The van der Waals surface area contributed by atoms with Crippen molar-refractivity contribution >= 4 is 35.1 Å². The van der Waals surface area contributed by atoms with E-state index in [1.807, 2.05) is 32.6 Å². The maximum Gasteiger partial charge on any atom is 0.244 e. The van der Waals surface area contributed by atoms with Crippen LogP contribution < -0.4 is 4.74 Å². The minimum Gasteiger partial charge on any atom is -0.496 e. The van der Waals surface area contributed by atoms with Gasteiger partial charge in [0.15, 0.2) is 0 Å². The number of ether oxygens (including phenoxy) is 2. The summed E-state index contributed by atoms with van der Waals surface area (Å²) in [5, 5.41) is 5.53. The fourth-order valence-corrected chi connectivity index (χ4v) is 6.87. The Morgan fingerprint density at radius 2 is 1.54 bits per heavy atom. The molecule has 1 amide bonds. The van der Waals surface area contributed by atoms with E-state index in [9.17, 15) is 9.59 Å². The fraction of sp³-hybridized carbons (Fsp3) is 0.611. The number of hydrogen-bond donors (Lipinski definition) is 0. The Hall–Kier alpha value is -2.75. The summed E-state index contributed by atoms with van der Waals surface area (Å²) in [5.41, 5.74) is 6.52. The van der Waals surface area contributed by atoms with Gasteiger partial charge in [-0.2, -0.15) is 5.10 Å². The van der Waals surface area contributed by atoms with Crippen LogP contribution in [0.2, 0.25) is 4.34 Å². The average molecular weight is 675 g/mol. The highest BCUT2D eigenvalue weighted by Crippen LogP contribution is 2.45. The predicted octanol–water partition coefficient (Wildman–Crippen LogP) is 8.32.